The molecule has 0 spiro atoms. The lowest BCUT2D eigenvalue weighted by Crippen LogP contribution is -2.38. The largest absolute Gasteiger partial charge is 0.444 e. The molecule has 2 aromatic heterocycles. The van der Waals surface area contributed by atoms with Crippen molar-refractivity contribution < 1.29 is 13.6 Å². The van der Waals surface area contributed by atoms with Crippen LogP contribution in [0.25, 0.3) is 0 Å². The molecular weight excluding hydrogens is 431 g/mol. The number of nitrogens with zero attached hydrogens (tertiary/aromatic N) is 3. The molecule has 1 saturated heterocycles. The number of likely N-dealkylation sites (tertiary alicyclic amines) is 1. The van der Waals surface area contributed by atoms with E-state index in [2.05, 4.69) is 26.1 Å². The second kappa shape index (κ2) is 7.75. The molecule has 4 rings (SSSR count). The zero-order chi connectivity index (χ0) is 19.7. The van der Waals surface area contributed by atoms with E-state index in [-0.39, 0.29) is 23.3 Å². The lowest BCUT2D eigenvalue weighted by atomic mass is 9.95. The Morgan fingerprint density at radius 2 is 1.93 bits per heavy atom. The summed E-state index contributed by atoms with van der Waals surface area (Å²) in [5, 5.41) is 6.72. The van der Waals surface area contributed by atoms with Crippen LogP contribution in [0.1, 0.15) is 40.7 Å². The Morgan fingerprint density at radius 3 is 2.57 bits per heavy atom. The number of carbonyl (C=O) groups is 1. The van der Waals surface area contributed by atoms with Gasteiger partial charge < -0.3 is 9.32 Å². The van der Waals surface area contributed by atoms with Crippen LogP contribution in [0.4, 0.5) is 4.39 Å². The number of benzene rings is 1. The van der Waals surface area contributed by atoms with E-state index in [1.54, 1.807) is 33.7 Å². The van der Waals surface area contributed by atoms with Crippen LogP contribution < -0.4 is 5.69 Å². The van der Waals surface area contributed by atoms with Crippen LogP contribution in [0.2, 0.25) is 0 Å². The van der Waals surface area contributed by atoms with Gasteiger partial charge >= 0.3 is 5.69 Å². The van der Waals surface area contributed by atoms with Gasteiger partial charge in [-0.15, -0.1) is 0 Å². The highest BCUT2D eigenvalue weighted by Crippen LogP contribution is 2.27. The fourth-order valence-corrected chi connectivity index (χ4v) is 3.80. The molecule has 1 aliphatic rings. The molecule has 9 heteroatoms. The van der Waals surface area contributed by atoms with Crippen molar-refractivity contribution in [2.75, 3.05) is 13.1 Å². The lowest BCUT2D eigenvalue weighted by molar-refractivity contribution is 0.0676. The van der Waals surface area contributed by atoms with Gasteiger partial charge in [0.1, 0.15) is 11.6 Å². The van der Waals surface area contributed by atoms with Crippen LogP contribution in [0.3, 0.4) is 0 Å². The van der Waals surface area contributed by atoms with Gasteiger partial charge in [-0.05, 0) is 58.6 Å². The molecule has 1 aromatic carbocycles. The molecule has 28 heavy (non-hydrogen) atoms. The van der Waals surface area contributed by atoms with Crippen molar-refractivity contribution in [2.45, 2.75) is 25.3 Å². The maximum Gasteiger partial charge on any atom is 0.343 e. The highest BCUT2D eigenvalue weighted by atomic mass is 79.9. The number of carbonyl (C=O) groups excluding carboxylic acids is 1. The number of furan rings is 1. The molecule has 0 saturated carbocycles. The average molecular weight is 449 g/mol. The second-order valence-corrected chi connectivity index (χ2v) is 7.55. The molecule has 0 radical (unpaired) electrons. The minimum absolute atomic E-state index is 0.0618. The van der Waals surface area contributed by atoms with Crippen LogP contribution in [0, 0.1) is 5.82 Å². The Balaban J connectivity index is 1.46. The number of piperidine rings is 1. The highest BCUT2D eigenvalue weighted by molar-refractivity contribution is 9.10. The van der Waals surface area contributed by atoms with Gasteiger partial charge in [-0.1, -0.05) is 12.1 Å². The van der Waals surface area contributed by atoms with Gasteiger partial charge in [-0.3, -0.25) is 9.36 Å². The quantitative estimate of drug-likeness (QED) is 0.664. The van der Waals surface area contributed by atoms with E-state index in [0.717, 1.165) is 5.56 Å². The number of rotatable bonds is 4. The van der Waals surface area contributed by atoms with Crippen LogP contribution in [-0.4, -0.2) is 38.7 Å². The van der Waals surface area contributed by atoms with Gasteiger partial charge in [0.25, 0.3) is 5.91 Å². The molecule has 7 nitrogen and oxygen atoms in total. The summed E-state index contributed by atoms with van der Waals surface area (Å²) in [6.45, 7) is 1.43. The van der Waals surface area contributed by atoms with Crippen molar-refractivity contribution in [3.05, 3.63) is 74.5 Å². The van der Waals surface area contributed by atoms with Crippen LogP contribution in [0.5, 0.6) is 0 Å². The summed E-state index contributed by atoms with van der Waals surface area (Å²) in [5.74, 6) is 0.575. The van der Waals surface area contributed by atoms with E-state index in [0.29, 0.717) is 48.7 Å². The molecule has 3 aromatic rings. The number of H-pyrrole nitrogens is 1. The normalized spacial score (nSPS) is 15.1. The molecule has 1 N–H and O–H groups in total. The first kappa shape index (κ1) is 18.7. The fraction of sp³-hybridized carbons (Fsp3) is 0.316. The summed E-state index contributed by atoms with van der Waals surface area (Å²) in [4.78, 5) is 26.4. The molecule has 0 unspecified atom stereocenters. The summed E-state index contributed by atoms with van der Waals surface area (Å²) >= 11 is 3.20. The SMILES string of the molecule is O=C(c1ccc(Br)o1)N1CCC(c2n[nH]c(=O)n2Cc2ccc(F)cc2)CC1. The van der Waals surface area contributed by atoms with Crippen LogP contribution in [-0.2, 0) is 6.54 Å². The Hall–Kier alpha value is -2.68. The summed E-state index contributed by atoms with van der Waals surface area (Å²) in [6.07, 6.45) is 1.39. The topological polar surface area (TPSA) is 84.1 Å². The average Bonchev–Trinajstić information content (AvgIpc) is 3.29. The zero-order valence-electron chi connectivity index (χ0n) is 14.9. The van der Waals surface area contributed by atoms with Crippen LogP contribution >= 0.6 is 15.9 Å². The van der Waals surface area contributed by atoms with E-state index < -0.39 is 0 Å². The molecule has 0 aliphatic carbocycles. The first-order valence-corrected chi connectivity index (χ1v) is 9.74. The van der Waals surface area contributed by atoms with E-state index in [9.17, 15) is 14.0 Å². The van der Waals surface area contributed by atoms with Gasteiger partial charge in [0, 0.05) is 19.0 Å². The van der Waals surface area contributed by atoms with Crippen molar-refractivity contribution in [1.82, 2.24) is 19.7 Å². The number of aromatic nitrogens is 3. The molecule has 1 fully saturated rings. The predicted molar refractivity (Wildman–Crippen MR) is 103 cm³/mol. The Labute approximate surface area is 168 Å². The molecule has 0 atom stereocenters. The van der Waals surface area contributed by atoms with E-state index in [1.807, 2.05) is 0 Å². The fourth-order valence-electron chi connectivity index (χ4n) is 3.49. The van der Waals surface area contributed by atoms with Crippen molar-refractivity contribution in [3.8, 4) is 0 Å². The van der Waals surface area contributed by atoms with Gasteiger partial charge in [-0.2, -0.15) is 5.10 Å². The van der Waals surface area contributed by atoms with Gasteiger partial charge in [0.15, 0.2) is 10.4 Å². The van der Waals surface area contributed by atoms with E-state index in [4.69, 9.17) is 4.42 Å². The number of aromatic amines is 1. The summed E-state index contributed by atoms with van der Waals surface area (Å²) in [7, 11) is 0. The first-order valence-electron chi connectivity index (χ1n) is 8.95. The number of halogens is 2. The van der Waals surface area contributed by atoms with Crippen molar-refractivity contribution in [3.63, 3.8) is 0 Å². The van der Waals surface area contributed by atoms with Crippen molar-refractivity contribution in [1.29, 1.82) is 0 Å². The maximum absolute atomic E-state index is 13.1. The van der Waals surface area contributed by atoms with E-state index >= 15 is 0 Å². The molecule has 1 aliphatic heterocycles. The van der Waals surface area contributed by atoms with Crippen molar-refractivity contribution >= 4 is 21.8 Å². The predicted octanol–water partition coefficient (Wildman–Crippen LogP) is 3.13. The molecule has 0 bridgehead atoms. The Bertz CT molecular complexity index is 1030. The zero-order valence-corrected chi connectivity index (χ0v) is 16.5. The Kier molecular flexibility index (Phi) is 5.17. The summed E-state index contributed by atoms with van der Waals surface area (Å²) in [6, 6.07) is 9.39. The second-order valence-electron chi connectivity index (χ2n) is 6.77. The number of nitrogens with one attached hydrogen (secondary N) is 1. The van der Waals surface area contributed by atoms with Gasteiger partial charge in [-0.25, -0.2) is 14.3 Å². The van der Waals surface area contributed by atoms with Gasteiger partial charge in [0.2, 0.25) is 0 Å². The smallest absolute Gasteiger partial charge is 0.343 e. The third kappa shape index (κ3) is 3.80. The molecule has 3 heterocycles. The minimum atomic E-state index is -0.316. The van der Waals surface area contributed by atoms with E-state index in [1.165, 1.54) is 12.1 Å². The van der Waals surface area contributed by atoms with Crippen molar-refractivity contribution in [2.24, 2.45) is 0 Å². The standard InChI is InChI=1S/C19H18BrFN4O3/c20-16-6-5-15(28-16)18(26)24-9-7-13(8-10-24)17-22-23-19(27)25(17)11-12-1-3-14(21)4-2-12/h1-6,13H,7-11H2,(H,23,27). The Morgan fingerprint density at radius 1 is 1.21 bits per heavy atom. The minimum Gasteiger partial charge on any atom is -0.444 e. The summed E-state index contributed by atoms with van der Waals surface area (Å²) < 4.78 is 20.6. The van der Waals surface area contributed by atoms with Crippen LogP contribution in [0.15, 0.2) is 50.3 Å². The first-order chi connectivity index (χ1) is 13.5. The third-order valence-corrected chi connectivity index (χ3v) is 5.40. The monoisotopic (exact) mass is 448 g/mol. The highest BCUT2D eigenvalue weighted by Gasteiger charge is 2.29. The molecule has 146 valence electrons. The number of hydrogen-bond donors (Lipinski definition) is 1. The number of amides is 1. The third-order valence-electron chi connectivity index (χ3n) is 4.97. The molecule has 1 amide bonds. The summed E-state index contributed by atoms with van der Waals surface area (Å²) in [5.41, 5.74) is 0.528. The van der Waals surface area contributed by atoms with Gasteiger partial charge in [0.05, 0.1) is 6.54 Å². The number of hydrogen-bond acceptors (Lipinski definition) is 4. The molecular formula is C19H18BrFN4O3. The lowest BCUT2D eigenvalue weighted by Gasteiger charge is -2.31. The maximum atomic E-state index is 13.1.